The second-order valence-electron chi connectivity index (χ2n) is 8.27. The van der Waals surface area contributed by atoms with E-state index in [1.165, 1.54) is 44.4 Å². The number of carbonyl (C=O) groups is 1. The summed E-state index contributed by atoms with van der Waals surface area (Å²) in [6, 6.07) is 9.50. The maximum absolute atomic E-state index is 13.2. The first-order valence-electron chi connectivity index (χ1n) is 10.3. The zero-order valence-electron chi connectivity index (χ0n) is 18.9. The summed E-state index contributed by atoms with van der Waals surface area (Å²) in [4.78, 5) is 12.9. The predicted octanol–water partition coefficient (Wildman–Crippen LogP) is 1.42. The average molecular weight is 497 g/mol. The number of rotatable bonds is 7. The van der Waals surface area contributed by atoms with Crippen molar-refractivity contribution in [2.75, 3.05) is 20.6 Å². The molecule has 11 heteroatoms. The Hall–Kier alpha value is -2.31. The molecule has 1 aliphatic rings. The molecule has 0 aliphatic carbocycles. The van der Waals surface area contributed by atoms with Crippen molar-refractivity contribution < 1.29 is 31.5 Å². The van der Waals surface area contributed by atoms with Gasteiger partial charge in [0.05, 0.1) is 15.9 Å². The number of nitrogens with zero attached hydrogens (tertiary/aromatic N) is 2. The van der Waals surface area contributed by atoms with Gasteiger partial charge < -0.3 is 9.84 Å². The Balaban J connectivity index is 1.78. The summed E-state index contributed by atoms with van der Waals surface area (Å²) >= 11 is 0. The molecule has 9 nitrogen and oxygen atoms in total. The number of aliphatic hydroxyl groups excluding tert-OH is 1. The van der Waals surface area contributed by atoms with E-state index in [2.05, 4.69) is 0 Å². The standard InChI is InChI=1S/C22H28N2O7S2/c1-15-8-9-20(10-16(15)2)33(29,30)24-13-18(25)12-21(24)22(26)31-14-17-6-5-7-19(11-17)32(27,28)23(3)4/h5-11,18,21,25H,12-14H2,1-4H3/t18-,21-/m0/s1. The van der Waals surface area contributed by atoms with Crippen molar-refractivity contribution in [1.82, 2.24) is 8.61 Å². The largest absolute Gasteiger partial charge is 0.460 e. The fourth-order valence-electron chi connectivity index (χ4n) is 3.53. The second-order valence-corrected chi connectivity index (χ2v) is 12.3. The Kier molecular flexibility index (Phi) is 7.30. The van der Waals surface area contributed by atoms with Crippen molar-refractivity contribution in [1.29, 1.82) is 0 Å². The maximum Gasteiger partial charge on any atom is 0.324 e. The first-order valence-corrected chi connectivity index (χ1v) is 13.2. The molecule has 1 fully saturated rings. The van der Waals surface area contributed by atoms with E-state index in [0.717, 1.165) is 19.7 Å². The van der Waals surface area contributed by atoms with Crippen LogP contribution >= 0.6 is 0 Å². The molecule has 33 heavy (non-hydrogen) atoms. The number of β-amino-alcohol motifs (C(OH)–C–C–N with tert-alkyl or cyclic N) is 1. The zero-order chi connectivity index (χ0) is 24.6. The van der Waals surface area contributed by atoms with Gasteiger partial charge in [-0.2, -0.15) is 4.31 Å². The van der Waals surface area contributed by atoms with Crippen LogP contribution in [-0.4, -0.2) is 69.3 Å². The van der Waals surface area contributed by atoms with Gasteiger partial charge in [-0.15, -0.1) is 0 Å². The highest BCUT2D eigenvalue weighted by molar-refractivity contribution is 7.89. The highest BCUT2D eigenvalue weighted by Crippen LogP contribution is 2.28. The summed E-state index contributed by atoms with van der Waals surface area (Å²) in [6.45, 7) is 3.21. The van der Waals surface area contributed by atoms with Crippen molar-refractivity contribution in [2.45, 2.75) is 48.8 Å². The van der Waals surface area contributed by atoms with Crippen molar-refractivity contribution in [3.8, 4) is 0 Å². The lowest BCUT2D eigenvalue weighted by Gasteiger charge is -2.23. The molecule has 0 unspecified atom stereocenters. The number of sulfonamides is 2. The van der Waals surface area contributed by atoms with E-state index >= 15 is 0 Å². The van der Waals surface area contributed by atoms with E-state index in [-0.39, 0.29) is 29.4 Å². The average Bonchev–Trinajstić information content (AvgIpc) is 3.16. The zero-order valence-corrected chi connectivity index (χ0v) is 20.6. The van der Waals surface area contributed by atoms with E-state index < -0.39 is 38.2 Å². The smallest absolute Gasteiger partial charge is 0.324 e. The Bertz CT molecular complexity index is 1260. The number of hydrogen-bond acceptors (Lipinski definition) is 7. The molecule has 180 valence electrons. The number of benzene rings is 2. The molecule has 0 spiro atoms. The number of hydrogen-bond donors (Lipinski definition) is 1. The van der Waals surface area contributed by atoms with Gasteiger partial charge in [0.1, 0.15) is 12.6 Å². The maximum atomic E-state index is 13.2. The molecule has 1 heterocycles. The van der Waals surface area contributed by atoms with Gasteiger partial charge in [0.25, 0.3) is 0 Å². The third-order valence-corrected chi connectivity index (χ3v) is 9.33. The Labute approximate surface area is 194 Å². The van der Waals surface area contributed by atoms with E-state index in [0.29, 0.717) is 5.56 Å². The summed E-state index contributed by atoms with van der Waals surface area (Å²) < 4.78 is 58.4. The SMILES string of the molecule is Cc1ccc(S(=O)(=O)N2C[C@@H](O)C[C@H]2C(=O)OCc2cccc(S(=O)(=O)N(C)C)c2)cc1C. The number of aliphatic hydroxyl groups is 1. The first-order chi connectivity index (χ1) is 15.3. The number of esters is 1. The van der Waals surface area contributed by atoms with Gasteiger partial charge in [-0.05, 0) is 54.8 Å². The van der Waals surface area contributed by atoms with Gasteiger partial charge in [0.2, 0.25) is 20.0 Å². The van der Waals surface area contributed by atoms with Crippen molar-refractivity contribution in [2.24, 2.45) is 0 Å². The van der Waals surface area contributed by atoms with Crippen LogP contribution in [0.15, 0.2) is 52.3 Å². The van der Waals surface area contributed by atoms with Crippen LogP contribution in [0.1, 0.15) is 23.1 Å². The number of ether oxygens (including phenoxy) is 1. The first kappa shape index (κ1) is 25.3. The Morgan fingerprint density at radius 3 is 2.39 bits per heavy atom. The topological polar surface area (TPSA) is 121 Å². The van der Waals surface area contributed by atoms with Gasteiger partial charge in [-0.3, -0.25) is 4.79 Å². The number of carbonyl (C=O) groups excluding carboxylic acids is 1. The highest BCUT2D eigenvalue weighted by atomic mass is 32.2. The van der Waals surface area contributed by atoms with Gasteiger partial charge in [0, 0.05) is 27.1 Å². The monoisotopic (exact) mass is 496 g/mol. The molecule has 1 saturated heterocycles. The van der Waals surface area contributed by atoms with Crippen molar-refractivity contribution in [3.05, 3.63) is 59.2 Å². The Morgan fingerprint density at radius 1 is 1.06 bits per heavy atom. The summed E-state index contributed by atoms with van der Waals surface area (Å²) in [5.41, 5.74) is 2.17. The van der Waals surface area contributed by atoms with Gasteiger partial charge in [-0.25, -0.2) is 21.1 Å². The molecule has 2 aromatic carbocycles. The minimum absolute atomic E-state index is 0.0408. The van der Waals surface area contributed by atoms with E-state index in [9.17, 15) is 26.7 Å². The van der Waals surface area contributed by atoms with Gasteiger partial charge in [0.15, 0.2) is 0 Å². The lowest BCUT2D eigenvalue weighted by molar-refractivity contribution is -0.148. The molecule has 2 aromatic rings. The molecule has 3 rings (SSSR count). The van der Waals surface area contributed by atoms with Crippen LogP contribution in [0, 0.1) is 13.8 Å². The molecule has 1 aliphatic heterocycles. The number of aryl methyl sites for hydroxylation is 2. The molecular weight excluding hydrogens is 468 g/mol. The molecule has 1 N–H and O–H groups in total. The van der Waals surface area contributed by atoms with Crippen LogP contribution in [-0.2, 0) is 36.2 Å². The molecule has 0 bridgehead atoms. The second kappa shape index (κ2) is 9.51. The third kappa shape index (κ3) is 5.28. The fraction of sp³-hybridized carbons (Fsp3) is 0.409. The minimum atomic E-state index is -4.04. The summed E-state index contributed by atoms with van der Waals surface area (Å²) in [5, 5.41) is 10.1. The van der Waals surface area contributed by atoms with Crippen molar-refractivity contribution in [3.63, 3.8) is 0 Å². The van der Waals surface area contributed by atoms with E-state index in [4.69, 9.17) is 4.74 Å². The molecular formula is C22H28N2O7S2. The van der Waals surface area contributed by atoms with Crippen LogP contribution in [0.25, 0.3) is 0 Å². The van der Waals surface area contributed by atoms with E-state index in [1.807, 2.05) is 6.92 Å². The predicted molar refractivity (Wildman–Crippen MR) is 121 cm³/mol. The van der Waals surface area contributed by atoms with Crippen LogP contribution in [0.4, 0.5) is 0 Å². The summed E-state index contributed by atoms with van der Waals surface area (Å²) in [7, 11) is -4.86. The molecule has 0 amide bonds. The third-order valence-electron chi connectivity index (χ3n) is 5.65. The van der Waals surface area contributed by atoms with Gasteiger partial charge in [-0.1, -0.05) is 18.2 Å². The molecule has 0 aromatic heterocycles. The van der Waals surface area contributed by atoms with E-state index in [1.54, 1.807) is 19.1 Å². The highest BCUT2D eigenvalue weighted by Gasteiger charge is 2.44. The quantitative estimate of drug-likeness (QED) is 0.576. The fourth-order valence-corrected chi connectivity index (χ4v) is 6.22. The van der Waals surface area contributed by atoms with Crippen LogP contribution in [0.2, 0.25) is 0 Å². The van der Waals surface area contributed by atoms with Gasteiger partial charge >= 0.3 is 5.97 Å². The minimum Gasteiger partial charge on any atom is -0.460 e. The van der Waals surface area contributed by atoms with Crippen LogP contribution in [0.3, 0.4) is 0 Å². The lowest BCUT2D eigenvalue weighted by Crippen LogP contribution is -2.41. The lowest BCUT2D eigenvalue weighted by atomic mass is 10.1. The van der Waals surface area contributed by atoms with Crippen LogP contribution in [0.5, 0.6) is 0 Å². The summed E-state index contributed by atoms with van der Waals surface area (Å²) in [5.74, 6) is -0.806. The molecule has 0 saturated carbocycles. The van der Waals surface area contributed by atoms with Crippen LogP contribution < -0.4 is 0 Å². The normalized spacial score (nSPS) is 19.7. The molecule has 0 radical (unpaired) electrons. The summed E-state index contributed by atoms with van der Waals surface area (Å²) in [6.07, 6.45) is -1.09. The van der Waals surface area contributed by atoms with Crippen molar-refractivity contribution >= 4 is 26.0 Å². The molecule has 2 atom stereocenters. The Morgan fingerprint density at radius 2 is 1.76 bits per heavy atom.